The largest absolute Gasteiger partial charge is 0.481 e. The Hall–Kier alpha value is -0.640. The van der Waals surface area contributed by atoms with Gasteiger partial charge in [0.15, 0.2) is 0 Å². The summed E-state index contributed by atoms with van der Waals surface area (Å²) in [6.07, 6.45) is 0.520. The summed E-state index contributed by atoms with van der Waals surface area (Å²) in [6.45, 7) is 1.57. The molecule has 0 bridgehead atoms. The standard InChI is InChI=1S/C7H12FNO2/c8-2-1-3-9-4-6(5-9)7(10)11/h6H,1-5H2,(H,10,11). The number of carboxylic acid groups (broad SMARTS) is 1. The highest BCUT2D eigenvalue weighted by Crippen LogP contribution is 2.15. The number of carbonyl (C=O) groups is 1. The summed E-state index contributed by atoms with van der Waals surface area (Å²) in [7, 11) is 0. The average molecular weight is 161 g/mol. The molecule has 1 aliphatic rings. The Morgan fingerprint density at radius 1 is 1.64 bits per heavy atom. The fourth-order valence-corrected chi connectivity index (χ4v) is 1.19. The normalized spacial score (nSPS) is 19.7. The monoisotopic (exact) mass is 161 g/mol. The van der Waals surface area contributed by atoms with E-state index >= 15 is 0 Å². The molecule has 0 saturated carbocycles. The number of hydrogen-bond donors (Lipinski definition) is 1. The van der Waals surface area contributed by atoms with Gasteiger partial charge in [0, 0.05) is 19.6 Å². The first-order valence-corrected chi connectivity index (χ1v) is 3.75. The maximum absolute atomic E-state index is 11.6. The Morgan fingerprint density at radius 3 is 2.73 bits per heavy atom. The van der Waals surface area contributed by atoms with Crippen LogP contribution in [0.25, 0.3) is 0 Å². The average Bonchev–Trinajstić information content (AvgIpc) is 1.84. The van der Waals surface area contributed by atoms with Crippen molar-refractivity contribution in [2.24, 2.45) is 5.92 Å². The van der Waals surface area contributed by atoms with E-state index in [2.05, 4.69) is 0 Å². The molecular weight excluding hydrogens is 149 g/mol. The fraction of sp³-hybridized carbons (Fsp3) is 0.857. The van der Waals surface area contributed by atoms with Crippen LogP contribution in [-0.4, -0.2) is 42.3 Å². The molecule has 0 aromatic carbocycles. The Kier molecular flexibility index (Phi) is 2.82. The Labute approximate surface area is 64.8 Å². The number of alkyl halides is 1. The van der Waals surface area contributed by atoms with Gasteiger partial charge in [-0.25, -0.2) is 0 Å². The predicted molar refractivity (Wildman–Crippen MR) is 38.2 cm³/mol. The molecule has 0 radical (unpaired) electrons. The van der Waals surface area contributed by atoms with Crippen molar-refractivity contribution < 1.29 is 14.3 Å². The molecule has 4 heteroatoms. The number of likely N-dealkylation sites (tertiary alicyclic amines) is 1. The zero-order chi connectivity index (χ0) is 8.27. The van der Waals surface area contributed by atoms with Crippen LogP contribution in [0.5, 0.6) is 0 Å². The van der Waals surface area contributed by atoms with E-state index in [0.717, 1.165) is 0 Å². The summed E-state index contributed by atoms with van der Waals surface area (Å²) in [6, 6.07) is 0. The van der Waals surface area contributed by atoms with Gasteiger partial charge in [-0.05, 0) is 6.42 Å². The van der Waals surface area contributed by atoms with E-state index in [1.54, 1.807) is 0 Å². The molecule has 1 heterocycles. The van der Waals surface area contributed by atoms with Gasteiger partial charge in [-0.3, -0.25) is 9.18 Å². The van der Waals surface area contributed by atoms with Crippen molar-refractivity contribution in [2.75, 3.05) is 26.3 Å². The molecule has 0 atom stereocenters. The van der Waals surface area contributed by atoms with Gasteiger partial charge in [-0.1, -0.05) is 0 Å². The van der Waals surface area contributed by atoms with Crippen LogP contribution in [0, 0.1) is 5.92 Å². The van der Waals surface area contributed by atoms with Gasteiger partial charge in [0.2, 0.25) is 0 Å². The minimum absolute atomic E-state index is 0.213. The summed E-state index contributed by atoms with van der Waals surface area (Å²) >= 11 is 0. The maximum atomic E-state index is 11.6. The molecule has 1 saturated heterocycles. The number of rotatable bonds is 4. The zero-order valence-corrected chi connectivity index (χ0v) is 6.29. The van der Waals surface area contributed by atoms with Crippen LogP contribution in [0.2, 0.25) is 0 Å². The van der Waals surface area contributed by atoms with Crippen molar-refractivity contribution in [1.29, 1.82) is 0 Å². The first-order chi connectivity index (χ1) is 5.24. The van der Waals surface area contributed by atoms with E-state index in [-0.39, 0.29) is 12.6 Å². The summed E-state index contributed by atoms with van der Waals surface area (Å²) in [4.78, 5) is 12.3. The lowest BCUT2D eigenvalue weighted by atomic mass is 10.0. The lowest BCUT2D eigenvalue weighted by molar-refractivity contribution is -0.147. The molecule has 1 aliphatic heterocycles. The van der Waals surface area contributed by atoms with Crippen molar-refractivity contribution in [2.45, 2.75) is 6.42 Å². The van der Waals surface area contributed by atoms with E-state index < -0.39 is 5.97 Å². The van der Waals surface area contributed by atoms with Gasteiger partial charge >= 0.3 is 5.97 Å². The molecule has 1 rings (SSSR count). The van der Waals surface area contributed by atoms with Crippen LogP contribution >= 0.6 is 0 Å². The second-order valence-corrected chi connectivity index (χ2v) is 2.84. The van der Waals surface area contributed by atoms with Crippen LogP contribution < -0.4 is 0 Å². The number of aliphatic carboxylic acids is 1. The topological polar surface area (TPSA) is 40.5 Å². The minimum Gasteiger partial charge on any atom is -0.481 e. The van der Waals surface area contributed by atoms with Crippen molar-refractivity contribution in [1.82, 2.24) is 4.90 Å². The van der Waals surface area contributed by atoms with Crippen molar-refractivity contribution in [3.63, 3.8) is 0 Å². The van der Waals surface area contributed by atoms with Crippen LogP contribution in [0.4, 0.5) is 4.39 Å². The lowest BCUT2D eigenvalue weighted by Gasteiger charge is -2.36. The van der Waals surface area contributed by atoms with Gasteiger partial charge in [-0.15, -0.1) is 0 Å². The molecule has 11 heavy (non-hydrogen) atoms. The van der Waals surface area contributed by atoms with Crippen molar-refractivity contribution >= 4 is 5.97 Å². The smallest absolute Gasteiger partial charge is 0.309 e. The van der Waals surface area contributed by atoms with E-state index in [1.165, 1.54) is 0 Å². The third-order valence-electron chi connectivity index (χ3n) is 1.91. The van der Waals surface area contributed by atoms with Gasteiger partial charge < -0.3 is 10.0 Å². The summed E-state index contributed by atoms with van der Waals surface area (Å²) in [5, 5.41) is 8.48. The molecule has 0 spiro atoms. The highest BCUT2D eigenvalue weighted by atomic mass is 19.1. The molecule has 0 aromatic heterocycles. The Balaban J connectivity index is 2.05. The number of carboxylic acids is 1. The number of halogens is 1. The predicted octanol–water partition coefficient (Wildman–Crippen LogP) is 0.362. The fourth-order valence-electron chi connectivity index (χ4n) is 1.19. The molecule has 64 valence electrons. The second-order valence-electron chi connectivity index (χ2n) is 2.84. The first-order valence-electron chi connectivity index (χ1n) is 3.75. The van der Waals surface area contributed by atoms with Crippen molar-refractivity contribution in [3.05, 3.63) is 0 Å². The number of hydrogen-bond acceptors (Lipinski definition) is 2. The Morgan fingerprint density at radius 2 is 2.27 bits per heavy atom. The summed E-state index contributed by atoms with van der Waals surface area (Å²) in [5.74, 6) is -0.948. The lowest BCUT2D eigenvalue weighted by Crippen LogP contribution is -2.50. The third kappa shape index (κ3) is 2.15. The highest BCUT2D eigenvalue weighted by Gasteiger charge is 2.31. The van der Waals surface area contributed by atoms with E-state index in [1.807, 2.05) is 4.90 Å². The van der Waals surface area contributed by atoms with Crippen LogP contribution in [0.1, 0.15) is 6.42 Å². The quantitative estimate of drug-likeness (QED) is 0.647. The summed E-state index contributed by atoms with van der Waals surface area (Å²) in [5.41, 5.74) is 0. The van der Waals surface area contributed by atoms with Crippen molar-refractivity contribution in [3.8, 4) is 0 Å². The zero-order valence-electron chi connectivity index (χ0n) is 6.29. The van der Waals surface area contributed by atoms with E-state index in [9.17, 15) is 9.18 Å². The molecule has 0 unspecified atom stereocenters. The molecule has 0 aliphatic carbocycles. The summed E-state index contributed by atoms with van der Waals surface area (Å²) < 4.78 is 11.6. The van der Waals surface area contributed by atoms with E-state index in [0.29, 0.717) is 26.1 Å². The van der Waals surface area contributed by atoms with Crippen LogP contribution in [0.3, 0.4) is 0 Å². The van der Waals surface area contributed by atoms with Gasteiger partial charge in [0.25, 0.3) is 0 Å². The highest BCUT2D eigenvalue weighted by molar-refractivity contribution is 5.71. The SMILES string of the molecule is O=C(O)C1CN(CCCF)C1. The maximum Gasteiger partial charge on any atom is 0.309 e. The molecule has 0 amide bonds. The number of nitrogens with zero attached hydrogens (tertiary/aromatic N) is 1. The first kappa shape index (κ1) is 8.46. The Bertz CT molecular complexity index is 145. The third-order valence-corrected chi connectivity index (χ3v) is 1.91. The minimum atomic E-state index is -0.735. The molecular formula is C7H12FNO2. The van der Waals surface area contributed by atoms with Crippen LogP contribution in [0.15, 0.2) is 0 Å². The molecule has 1 N–H and O–H groups in total. The molecule has 1 fully saturated rings. The van der Waals surface area contributed by atoms with Gasteiger partial charge in [0.1, 0.15) is 0 Å². The van der Waals surface area contributed by atoms with E-state index in [4.69, 9.17) is 5.11 Å². The van der Waals surface area contributed by atoms with Gasteiger partial charge in [0.05, 0.1) is 12.6 Å². The molecule has 3 nitrogen and oxygen atoms in total. The van der Waals surface area contributed by atoms with Gasteiger partial charge in [-0.2, -0.15) is 0 Å². The van der Waals surface area contributed by atoms with Crippen LogP contribution in [-0.2, 0) is 4.79 Å². The molecule has 0 aromatic rings. The second kappa shape index (κ2) is 3.67.